The maximum Gasteiger partial charge on any atom is 0.294 e. The molecule has 0 saturated carbocycles. The smallest absolute Gasteiger partial charge is 0.273 e. The van der Waals surface area contributed by atoms with Gasteiger partial charge < -0.3 is 0 Å². The number of nitro groups is 1. The number of para-hydroxylation sites is 2. The maximum absolute atomic E-state index is 11.4. The van der Waals surface area contributed by atoms with Gasteiger partial charge in [0.15, 0.2) is 0 Å². The van der Waals surface area contributed by atoms with Crippen molar-refractivity contribution >= 4 is 23.2 Å². The summed E-state index contributed by atoms with van der Waals surface area (Å²) >= 11 is 0. The number of carbonyl (C=O) groups excluding carboxylic acids is 2. The Balaban J connectivity index is 2.44. The normalized spacial score (nSPS) is 15.1. The van der Waals surface area contributed by atoms with E-state index in [9.17, 15) is 19.7 Å². The van der Waals surface area contributed by atoms with Crippen LogP contribution < -0.4 is 10.4 Å². The summed E-state index contributed by atoms with van der Waals surface area (Å²) in [5.41, 5.74) is 2.10. The third-order valence-electron chi connectivity index (χ3n) is 2.12. The number of hydrogen-bond donors (Lipinski definition) is 1. The highest BCUT2D eigenvalue weighted by atomic mass is 16.6. The SMILES string of the molecule is O=C1CC(=O)N(c2ccccc2[N+](=O)[O-])N1. The van der Waals surface area contributed by atoms with Gasteiger partial charge in [0, 0.05) is 6.07 Å². The van der Waals surface area contributed by atoms with Gasteiger partial charge in [0.2, 0.25) is 5.91 Å². The van der Waals surface area contributed by atoms with E-state index in [0.29, 0.717) is 0 Å². The summed E-state index contributed by atoms with van der Waals surface area (Å²) in [6, 6.07) is 5.72. The van der Waals surface area contributed by atoms with Gasteiger partial charge >= 0.3 is 0 Å². The van der Waals surface area contributed by atoms with Crippen molar-refractivity contribution in [3.8, 4) is 0 Å². The molecule has 0 radical (unpaired) electrons. The lowest BCUT2D eigenvalue weighted by Gasteiger charge is -2.14. The predicted molar refractivity (Wildman–Crippen MR) is 53.3 cm³/mol. The van der Waals surface area contributed by atoms with Gasteiger partial charge in [-0.2, -0.15) is 0 Å². The number of anilines is 1. The number of rotatable bonds is 2. The van der Waals surface area contributed by atoms with Crippen molar-refractivity contribution in [1.82, 2.24) is 5.43 Å². The predicted octanol–water partition coefficient (Wildman–Crippen LogP) is 0.363. The summed E-state index contributed by atoms with van der Waals surface area (Å²) in [5.74, 6) is -0.970. The second-order valence-corrected chi connectivity index (χ2v) is 3.19. The Bertz CT molecular complexity index is 485. The molecule has 7 heteroatoms. The summed E-state index contributed by atoms with van der Waals surface area (Å²) in [4.78, 5) is 32.5. The Kier molecular flexibility index (Phi) is 2.28. The first-order valence-electron chi connectivity index (χ1n) is 4.45. The molecule has 0 atom stereocenters. The quantitative estimate of drug-likeness (QED) is 0.443. The van der Waals surface area contributed by atoms with E-state index in [-0.39, 0.29) is 17.8 Å². The van der Waals surface area contributed by atoms with E-state index in [2.05, 4.69) is 5.43 Å². The van der Waals surface area contributed by atoms with Crippen LogP contribution >= 0.6 is 0 Å². The van der Waals surface area contributed by atoms with E-state index < -0.39 is 16.7 Å². The van der Waals surface area contributed by atoms with Crippen LogP contribution in [0.2, 0.25) is 0 Å². The van der Waals surface area contributed by atoms with E-state index in [1.807, 2.05) is 0 Å². The number of benzene rings is 1. The molecular weight excluding hydrogens is 214 g/mol. The lowest BCUT2D eigenvalue weighted by Crippen LogP contribution is -2.36. The summed E-state index contributed by atoms with van der Waals surface area (Å²) in [5, 5.41) is 11.6. The highest BCUT2D eigenvalue weighted by molar-refractivity contribution is 6.12. The zero-order valence-electron chi connectivity index (χ0n) is 8.04. The van der Waals surface area contributed by atoms with Crippen LogP contribution in [0.3, 0.4) is 0 Å². The van der Waals surface area contributed by atoms with Gasteiger partial charge in [0.25, 0.3) is 11.6 Å². The molecule has 1 N–H and O–H groups in total. The first-order valence-corrected chi connectivity index (χ1v) is 4.45. The summed E-state index contributed by atoms with van der Waals surface area (Å²) in [6.07, 6.45) is -0.286. The number of nitrogens with one attached hydrogen (secondary N) is 1. The fraction of sp³-hybridized carbons (Fsp3) is 0.111. The molecular formula is C9H7N3O4. The van der Waals surface area contributed by atoms with Crippen molar-refractivity contribution in [3.63, 3.8) is 0 Å². The number of nitro benzene ring substituents is 1. The molecule has 1 aromatic rings. The van der Waals surface area contributed by atoms with Gasteiger partial charge in [-0.15, -0.1) is 0 Å². The maximum atomic E-state index is 11.4. The van der Waals surface area contributed by atoms with E-state index in [4.69, 9.17) is 0 Å². The summed E-state index contributed by atoms with van der Waals surface area (Å²) < 4.78 is 0. The number of nitrogens with zero attached hydrogens (tertiary/aromatic N) is 2. The van der Waals surface area contributed by atoms with Crippen LogP contribution in [0.5, 0.6) is 0 Å². The minimum atomic E-state index is -0.604. The van der Waals surface area contributed by atoms with Gasteiger partial charge in [0.1, 0.15) is 12.1 Å². The molecule has 2 rings (SSSR count). The van der Waals surface area contributed by atoms with Crippen LogP contribution in [0.4, 0.5) is 11.4 Å². The van der Waals surface area contributed by atoms with Crippen molar-refractivity contribution in [2.24, 2.45) is 0 Å². The van der Waals surface area contributed by atoms with Gasteiger partial charge in [0.05, 0.1) is 4.92 Å². The number of amides is 2. The highest BCUT2D eigenvalue weighted by Gasteiger charge is 2.32. The molecule has 1 aliphatic rings. The van der Waals surface area contributed by atoms with Gasteiger partial charge in [-0.05, 0) is 6.07 Å². The van der Waals surface area contributed by atoms with Crippen LogP contribution in [-0.2, 0) is 9.59 Å². The first kappa shape index (κ1) is 10.1. The van der Waals surface area contributed by atoms with Crippen LogP contribution in [0.1, 0.15) is 6.42 Å². The number of hydrazine groups is 1. The number of hydrogen-bond acceptors (Lipinski definition) is 4. The fourth-order valence-corrected chi connectivity index (χ4v) is 1.45. The van der Waals surface area contributed by atoms with E-state index in [0.717, 1.165) is 5.01 Å². The van der Waals surface area contributed by atoms with Crippen molar-refractivity contribution in [3.05, 3.63) is 34.4 Å². The van der Waals surface area contributed by atoms with Crippen LogP contribution in [0.15, 0.2) is 24.3 Å². The van der Waals surface area contributed by atoms with E-state index >= 15 is 0 Å². The van der Waals surface area contributed by atoms with Crippen molar-refractivity contribution in [2.45, 2.75) is 6.42 Å². The lowest BCUT2D eigenvalue weighted by molar-refractivity contribution is -0.384. The fourth-order valence-electron chi connectivity index (χ4n) is 1.45. The molecule has 1 aromatic carbocycles. The van der Waals surface area contributed by atoms with E-state index in [1.165, 1.54) is 18.2 Å². The minimum Gasteiger partial charge on any atom is -0.273 e. The third kappa shape index (κ3) is 1.58. The second kappa shape index (κ2) is 3.61. The Morgan fingerprint density at radius 2 is 2.00 bits per heavy atom. The highest BCUT2D eigenvalue weighted by Crippen LogP contribution is 2.28. The molecule has 82 valence electrons. The van der Waals surface area contributed by atoms with Crippen molar-refractivity contribution < 1.29 is 14.5 Å². The molecule has 0 aliphatic carbocycles. The number of carbonyl (C=O) groups is 2. The van der Waals surface area contributed by atoms with Crippen LogP contribution in [0.25, 0.3) is 0 Å². The Morgan fingerprint density at radius 1 is 1.31 bits per heavy atom. The molecule has 0 aromatic heterocycles. The molecule has 1 saturated heterocycles. The molecule has 1 heterocycles. The largest absolute Gasteiger partial charge is 0.294 e. The lowest BCUT2D eigenvalue weighted by atomic mass is 10.2. The third-order valence-corrected chi connectivity index (χ3v) is 2.12. The van der Waals surface area contributed by atoms with Gasteiger partial charge in [-0.3, -0.25) is 25.1 Å². The standard InChI is InChI=1S/C9H7N3O4/c13-8-5-9(14)11(10-8)6-3-1-2-4-7(6)12(15)16/h1-4H,5H2,(H,10,13). The minimum absolute atomic E-state index is 0.0725. The summed E-state index contributed by atoms with van der Waals surface area (Å²) in [6.45, 7) is 0. The molecule has 0 unspecified atom stereocenters. The Labute approximate surface area is 89.8 Å². The van der Waals surface area contributed by atoms with Gasteiger partial charge in [-0.25, -0.2) is 5.01 Å². The molecule has 1 aliphatic heterocycles. The van der Waals surface area contributed by atoms with Crippen molar-refractivity contribution in [1.29, 1.82) is 0 Å². The monoisotopic (exact) mass is 221 g/mol. The molecule has 7 nitrogen and oxygen atoms in total. The zero-order chi connectivity index (χ0) is 11.7. The Hall–Kier alpha value is -2.44. The molecule has 0 bridgehead atoms. The van der Waals surface area contributed by atoms with E-state index in [1.54, 1.807) is 6.07 Å². The second-order valence-electron chi connectivity index (χ2n) is 3.19. The average Bonchev–Trinajstić information content (AvgIpc) is 2.57. The van der Waals surface area contributed by atoms with Crippen LogP contribution in [0, 0.1) is 10.1 Å². The molecule has 0 spiro atoms. The van der Waals surface area contributed by atoms with Crippen LogP contribution in [-0.4, -0.2) is 16.7 Å². The molecule has 16 heavy (non-hydrogen) atoms. The summed E-state index contributed by atoms with van der Waals surface area (Å²) in [7, 11) is 0. The van der Waals surface area contributed by atoms with Gasteiger partial charge in [-0.1, -0.05) is 12.1 Å². The zero-order valence-corrected chi connectivity index (χ0v) is 8.04. The topological polar surface area (TPSA) is 92.5 Å². The molecule has 2 amide bonds. The first-order chi connectivity index (χ1) is 7.59. The van der Waals surface area contributed by atoms with Crippen molar-refractivity contribution in [2.75, 3.05) is 5.01 Å². The average molecular weight is 221 g/mol. The molecule has 1 fully saturated rings. The Morgan fingerprint density at radius 3 is 2.56 bits per heavy atom.